The second-order valence-corrected chi connectivity index (χ2v) is 17.0. The van der Waals surface area contributed by atoms with Gasteiger partial charge in [-0.3, -0.25) is 13.2 Å². The van der Waals surface area contributed by atoms with Crippen LogP contribution in [0.25, 0.3) is 0 Å². The lowest BCUT2D eigenvalue weighted by atomic mass is 9.83. The molecular formula is C32H38O8S3. The van der Waals surface area contributed by atoms with Crippen LogP contribution < -0.4 is 4.74 Å². The lowest BCUT2D eigenvalue weighted by Crippen LogP contribution is -2.46. The fourth-order valence-corrected chi connectivity index (χ4v) is 7.70. The standard InChI is InChI=1S/C32H38O8S3/c1-30(2,3)22-8-13-25(14-9-22)42(34,35)39-19-32(21-41-28-17-12-24(38-7)18-27(28)29(32)33)20-40-43(36,37)26-15-10-23(11-16-26)31(4,5)6/h8-18H,19-21H2,1-7H3. The maximum absolute atomic E-state index is 14.0. The fourth-order valence-electron chi connectivity index (χ4n) is 4.52. The topological polar surface area (TPSA) is 113 Å². The average molecular weight is 647 g/mol. The molecule has 11 heteroatoms. The third kappa shape index (κ3) is 7.34. The molecule has 232 valence electrons. The minimum Gasteiger partial charge on any atom is -0.497 e. The van der Waals surface area contributed by atoms with Crippen LogP contribution in [0.3, 0.4) is 0 Å². The number of ketones is 1. The molecule has 0 atom stereocenters. The van der Waals surface area contributed by atoms with Gasteiger partial charge in [0.1, 0.15) is 5.75 Å². The van der Waals surface area contributed by atoms with E-state index < -0.39 is 44.6 Å². The molecule has 3 aromatic rings. The van der Waals surface area contributed by atoms with Crippen LogP contribution in [0.5, 0.6) is 5.75 Å². The molecule has 0 saturated heterocycles. The van der Waals surface area contributed by atoms with Gasteiger partial charge in [0.05, 0.1) is 35.5 Å². The number of rotatable bonds is 9. The molecule has 1 aliphatic rings. The van der Waals surface area contributed by atoms with Gasteiger partial charge >= 0.3 is 0 Å². The number of benzene rings is 3. The SMILES string of the molecule is COc1ccc2c(c1)C(=O)C(COS(=O)(=O)c1ccc(C(C)(C)C)cc1)(COS(=O)(=O)c1ccc(C(C)(C)C)cc1)CS2. The normalized spacial score (nSPS) is 15.7. The lowest BCUT2D eigenvalue weighted by Gasteiger charge is -2.35. The van der Waals surface area contributed by atoms with Crippen LogP contribution in [0.1, 0.15) is 63.0 Å². The molecule has 3 aromatic carbocycles. The van der Waals surface area contributed by atoms with Gasteiger partial charge in [-0.25, -0.2) is 0 Å². The van der Waals surface area contributed by atoms with E-state index in [9.17, 15) is 21.6 Å². The summed E-state index contributed by atoms with van der Waals surface area (Å²) in [5, 5.41) is 0. The summed E-state index contributed by atoms with van der Waals surface area (Å²) in [7, 11) is -7.11. The Kier molecular flexibility index (Phi) is 9.27. The number of ether oxygens (including phenoxy) is 1. The molecular weight excluding hydrogens is 609 g/mol. The monoisotopic (exact) mass is 646 g/mol. The van der Waals surface area contributed by atoms with Crippen molar-refractivity contribution in [3.8, 4) is 5.75 Å². The molecule has 1 aliphatic heterocycles. The molecule has 0 aromatic heterocycles. The van der Waals surface area contributed by atoms with Crippen molar-refractivity contribution in [3.05, 3.63) is 83.4 Å². The molecule has 0 fully saturated rings. The van der Waals surface area contributed by atoms with Crippen LogP contribution in [-0.4, -0.2) is 48.7 Å². The minimum atomic E-state index is -4.29. The first-order chi connectivity index (χ1) is 19.9. The van der Waals surface area contributed by atoms with E-state index >= 15 is 0 Å². The quantitative estimate of drug-likeness (QED) is 0.245. The zero-order valence-electron chi connectivity index (χ0n) is 25.5. The highest BCUT2D eigenvalue weighted by Crippen LogP contribution is 2.43. The first-order valence-corrected chi connectivity index (χ1v) is 17.5. The van der Waals surface area contributed by atoms with Crippen molar-refractivity contribution in [1.29, 1.82) is 0 Å². The Balaban J connectivity index is 1.65. The summed E-state index contributed by atoms with van der Waals surface area (Å²) in [5.41, 5.74) is 0.192. The smallest absolute Gasteiger partial charge is 0.297 e. The van der Waals surface area contributed by atoms with E-state index in [1.54, 1.807) is 42.5 Å². The molecule has 0 amide bonds. The number of fused-ring (bicyclic) bond motifs is 1. The lowest BCUT2D eigenvalue weighted by molar-refractivity contribution is 0.0594. The maximum Gasteiger partial charge on any atom is 0.297 e. The first-order valence-electron chi connectivity index (χ1n) is 13.7. The largest absolute Gasteiger partial charge is 0.497 e. The van der Waals surface area contributed by atoms with Crippen LogP contribution in [-0.2, 0) is 39.4 Å². The Labute approximate surface area is 259 Å². The minimum absolute atomic E-state index is 0.0438. The van der Waals surface area contributed by atoms with Crippen molar-refractivity contribution in [2.75, 3.05) is 26.1 Å². The third-order valence-electron chi connectivity index (χ3n) is 7.42. The first kappa shape index (κ1) is 33.2. The predicted octanol–water partition coefficient (Wildman–Crippen LogP) is 6.38. The van der Waals surface area contributed by atoms with Crippen LogP contribution in [0.2, 0.25) is 0 Å². The predicted molar refractivity (Wildman–Crippen MR) is 167 cm³/mol. The van der Waals surface area contributed by atoms with Gasteiger partial charge in [0.15, 0.2) is 5.78 Å². The molecule has 0 spiro atoms. The van der Waals surface area contributed by atoms with Gasteiger partial charge in [0.2, 0.25) is 0 Å². The Bertz CT molecular complexity index is 1600. The summed E-state index contributed by atoms with van der Waals surface area (Å²) in [5.74, 6) is -0.0116. The van der Waals surface area contributed by atoms with Crippen LogP contribution in [0.15, 0.2) is 81.4 Å². The Hall–Kier alpha value is -2.70. The van der Waals surface area contributed by atoms with Gasteiger partial charge in [-0.1, -0.05) is 65.8 Å². The molecule has 8 nitrogen and oxygen atoms in total. The number of carbonyl (C=O) groups is 1. The van der Waals surface area contributed by atoms with E-state index in [0.717, 1.165) is 11.1 Å². The highest BCUT2D eigenvalue weighted by molar-refractivity contribution is 7.99. The molecule has 0 radical (unpaired) electrons. The molecule has 0 N–H and O–H groups in total. The zero-order chi connectivity index (χ0) is 31.8. The van der Waals surface area contributed by atoms with Gasteiger partial charge in [0, 0.05) is 16.2 Å². The Morgan fingerprint density at radius 3 is 1.56 bits per heavy atom. The van der Waals surface area contributed by atoms with Crippen molar-refractivity contribution in [3.63, 3.8) is 0 Å². The maximum atomic E-state index is 14.0. The van der Waals surface area contributed by atoms with E-state index in [0.29, 0.717) is 10.6 Å². The molecule has 0 saturated carbocycles. The van der Waals surface area contributed by atoms with Crippen molar-refractivity contribution >= 4 is 37.8 Å². The number of hydrogen-bond donors (Lipinski definition) is 0. The molecule has 1 heterocycles. The highest BCUT2D eigenvalue weighted by atomic mass is 32.2. The van der Waals surface area contributed by atoms with Crippen molar-refractivity contribution < 1.29 is 34.7 Å². The summed E-state index contributed by atoms with van der Waals surface area (Å²) in [6.45, 7) is 10.9. The van der Waals surface area contributed by atoms with Gasteiger partial charge in [-0.05, 0) is 64.4 Å². The number of hydrogen-bond acceptors (Lipinski definition) is 9. The number of thioether (sulfide) groups is 1. The Morgan fingerprint density at radius 1 is 0.721 bits per heavy atom. The molecule has 43 heavy (non-hydrogen) atoms. The average Bonchev–Trinajstić information content (AvgIpc) is 2.95. The highest BCUT2D eigenvalue weighted by Gasteiger charge is 2.46. The molecule has 0 unspecified atom stereocenters. The Morgan fingerprint density at radius 2 is 1.16 bits per heavy atom. The zero-order valence-corrected chi connectivity index (χ0v) is 27.9. The van der Waals surface area contributed by atoms with Gasteiger partial charge < -0.3 is 4.74 Å². The molecule has 4 rings (SSSR count). The van der Waals surface area contributed by atoms with Crippen molar-refractivity contribution in [2.45, 2.75) is 67.1 Å². The van der Waals surface area contributed by atoms with E-state index in [1.807, 2.05) is 41.5 Å². The van der Waals surface area contributed by atoms with Crippen molar-refractivity contribution in [1.82, 2.24) is 0 Å². The van der Waals surface area contributed by atoms with Gasteiger partial charge in [-0.15, -0.1) is 11.8 Å². The van der Waals surface area contributed by atoms with E-state index in [4.69, 9.17) is 13.1 Å². The van der Waals surface area contributed by atoms with Crippen LogP contribution >= 0.6 is 11.8 Å². The van der Waals surface area contributed by atoms with Gasteiger partial charge in [0.25, 0.3) is 20.2 Å². The summed E-state index contributed by atoms with van der Waals surface area (Å²) in [6.07, 6.45) is 0. The number of Topliss-reactive ketones (excluding diaryl/α,β-unsaturated/α-hetero) is 1. The second kappa shape index (κ2) is 12.0. The second-order valence-electron chi connectivity index (χ2n) is 12.7. The van der Waals surface area contributed by atoms with Crippen molar-refractivity contribution in [2.24, 2.45) is 5.41 Å². The summed E-state index contributed by atoms with van der Waals surface area (Å²) in [4.78, 5) is 14.5. The summed E-state index contributed by atoms with van der Waals surface area (Å²) < 4.78 is 69.2. The van der Waals surface area contributed by atoms with E-state index in [-0.39, 0.29) is 31.9 Å². The third-order valence-corrected chi connectivity index (χ3v) is 11.3. The number of methoxy groups -OCH3 is 1. The molecule has 0 bridgehead atoms. The van der Waals surface area contributed by atoms with Gasteiger partial charge in [-0.2, -0.15) is 16.8 Å². The number of carbonyl (C=O) groups excluding carboxylic acids is 1. The summed E-state index contributed by atoms with van der Waals surface area (Å²) in [6, 6.07) is 17.7. The van der Waals surface area contributed by atoms with Crippen LogP contribution in [0, 0.1) is 5.41 Å². The van der Waals surface area contributed by atoms with E-state index in [2.05, 4.69) is 0 Å². The summed E-state index contributed by atoms with van der Waals surface area (Å²) >= 11 is 1.29. The van der Waals surface area contributed by atoms with E-state index in [1.165, 1.54) is 43.1 Å². The molecule has 0 aliphatic carbocycles. The fraction of sp³-hybridized carbons (Fsp3) is 0.406. The van der Waals surface area contributed by atoms with Crippen LogP contribution in [0.4, 0.5) is 0 Å².